The summed E-state index contributed by atoms with van der Waals surface area (Å²) in [5.74, 6) is -0.977. The van der Waals surface area contributed by atoms with Crippen LogP contribution in [-0.2, 0) is 11.2 Å². The number of fused-ring (bicyclic) bond motifs is 1. The highest BCUT2D eigenvalue weighted by Gasteiger charge is 2.34. The molecule has 0 unspecified atom stereocenters. The van der Waals surface area contributed by atoms with Crippen LogP contribution in [0.5, 0.6) is 0 Å². The molecule has 0 saturated heterocycles. The van der Waals surface area contributed by atoms with E-state index >= 15 is 0 Å². The lowest BCUT2D eigenvalue weighted by Gasteiger charge is -2.11. The van der Waals surface area contributed by atoms with Crippen molar-refractivity contribution in [2.75, 3.05) is 11.9 Å². The van der Waals surface area contributed by atoms with Crippen LogP contribution in [-0.4, -0.2) is 39.4 Å². The fraction of sp³-hybridized carbons (Fsp3) is 0.0952. The number of carbonyl (C=O) groups excluding carboxylic acids is 3. The third-order valence-corrected chi connectivity index (χ3v) is 5.69. The molecule has 1 N–H and O–H groups in total. The minimum absolute atomic E-state index is 0.196. The average molecular weight is 439 g/mol. The molecule has 0 saturated carbocycles. The van der Waals surface area contributed by atoms with E-state index < -0.39 is 0 Å². The molecule has 9 heteroatoms. The minimum atomic E-state index is -0.363. The maximum absolute atomic E-state index is 12.4. The molecule has 1 aliphatic rings. The number of benzene rings is 2. The van der Waals surface area contributed by atoms with Gasteiger partial charge in [-0.2, -0.15) is 0 Å². The predicted molar refractivity (Wildman–Crippen MR) is 115 cm³/mol. The molecule has 0 fully saturated rings. The first-order valence-electron chi connectivity index (χ1n) is 9.04. The van der Waals surface area contributed by atoms with E-state index in [1.54, 1.807) is 42.5 Å². The number of carbonyl (C=O) groups is 3. The van der Waals surface area contributed by atoms with Crippen LogP contribution >= 0.6 is 22.9 Å². The van der Waals surface area contributed by atoms with Crippen molar-refractivity contribution in [2.24, 2.45) is 0 Å². The fourth-order valence-electron chi connectivity index (χ4n) is 2.98. The SMILES string of the molecule is O=C(/C=C/c1ccccc1Cl)Nc1nnc(CCN2C(=O)c3ccccc3C2=O)s1. The quantitative estimate of drug-likeness (QED) is 0.468. The molecule has 1 aromatic heterocycles. The molecular weight excluding hydrogens is 424 g/mol. The molecule has 0 bridgehead atoms. The monoisotopic (exact) mass is 438 g/mol. The Morgan fingerprint density at radius 1 is 1.03 bits per heavy atom. The Morgan fingerprint density at radius 2 is 1.70 bits per heavy atom. The standard InChI is InChI=1S/C21H15ClN4O3S/c22-16-8-4-1-5-13(16)9-10-17(27)23-21-25-24-18(30-21)11-12-26-19(28)14-6-2-3-7-15(14)20(26)29/h1-10H,11-12H2,(H,23,25,27)/b10-9+. The van der Waals surface area contributed by atoms with E-state index in [4.69, 9.17) is 11.6 Å². The number of rotatable bonds is 6. The molecular formula is C21H15ClN4O3S. The molecule has 0 aliphatic carbocycles. The maximum atomic E-state index is 12.4. The van der Waals surface area contributed by atoms with Gasteiger partial charge in [-0.3, -0.25) is 24.6 Å². The van der Waals surface area contributed by atoms with Gasteiger partial charge in [0.05, 0.1) is 11.1 Å². The van der Waals surface area contributed by atoms with Gasteiger partial charge in [-0.05, 0) is 29.8 Å². The van der Waals surface area contributed by atoms with E-state index in [1.165, 1.54) is 22.3 Å². The average Bonchev–Trinajstić information content (AvgIpc) is 3.29. The molecule has 4 rings (SSSR count). The van der Waals surface area contributed by atoms with Crippen molar-refractivity contribution in [3.8, 4) is 0 Å². The first kappa shape index (κ1) is 19.9. The molecule has 3 aromatic rings. The lowest BCUT2D eigenvalue weighted by molar-refractivity contribution is -0.111. The summed E-state index contributed by atoms with van der Waals surface area (Å²) < 4.78 is 0. The number of amides is 3. The van der Waals surface area contributed by atoms with Crippen molar-refractivity contribution in [1.82, 2.24) is 15.1 Å². The number of imide groups is 1. The lowest BCUT2D eigenvalue weighted by Crippen LogP contribution is -2.31. The van der Waals surface area contributed by atoms with E-state index in [0.29, 0.717) is 32.7 Å². The Labute approximate surface area is 181 Å². The zero-order valence-corrected chi connectivity index (χ0v) is 17.1. The summed E-state index contributed by atoms with van der Waals surface area (Å²) in [5, 5.41) is 12.1. The third kappa shape index (κ3) is 4.14. The number of halogens is 1. The van der Waals surface area contributed by atoms with Gasteiger partial charge in [0.25, 0.3) is 11.8 Å². The van der Waals surface area contributed by atoms with Crippen LogP contribution < -0.4 is 5.32 Å². The number of aromatic nitrogens is 2. The highest BCUT2D eigenvalue weighted by Crippen LogP contribution is 2.23. The Hall–Kier alpha value is -3.36. The van der Waals surface area contributed by atoms with Gasteiger partial charge in [-0.25, -0.2) is 0 Å². The molecule has 2 heterocycles. The van der Waals surface area contributed by atoms with Gasteiger partial charge in [0.2, 0.25) is 11.0 Å². The van der Waals surface area contributed by atoms with Crippen LogP contribution in [0.2, 0.25) is 5.02 Å². The van der Waals surface area contributed by atoms with Gasteiger partial charge in [0.1, 0.15) is 5.01 Å². The molecule has 1 aliphatic heterocycles. The molecule has 0 radical (unpaired) electrons. The molecule has 7 nitrogen and oxygen atoms in total. The van der Waals surface area contributed by atoms with Crippen molar-refractivity contribution >= 4 is 51.9 Å². The van der Waals surface area contributed by atoms with Gasteiger partial charge in [0, 0.05) is 24.1 Å². The summed E-state index contributed by atoms with van der Waals surface area (Å²) in [7, 11) is 0. The first-order valence-corrected chi connectivity index (χ1v) is 10.2. The second-order valence-corrected chi connectivity index (χ2v) is 7.87. The third-order valence-electron chi connectivity index (χ3n) is 4.44. The Balaban J connectivity index is 1.34. The Bertz CT molecular complexity index is 1140. The van der Waals surface area contributed by atoms with E-state index in [1.807, 2.05) is 12.1 Å². The van der Waals surface area contributed by atoms with Crippen molar-refractivity contribution in [3.05, 3.63) is 81.3 Å². The van der Waals surface area contributed by atoms with E-state index in [9.17, 15) is 14.4 Å². The number of hydrogen-bond acceptors (Lipinski definition) is 6. The first-order chi connectivity index (χ1) is 14.5. The normalized spacial score (nSPS) is 13.2. The summed E-state index contributed by atoms with van der Waals surface area (Å²) in [6.45, 7) is 0.196. The van der Waals surface area contributed by atoms with Gasteiger partial charge < -0.3 is 0 Å². The Kier molecular flexibility index (Phi) is 5.69. The number of hydrogen-bond donors (Lipinski definition) is 1. The largest absolute Gasteiger partial charge is 0.297 e. The van der Waals surface area contributed by atoms with Crippen LogP contribution in [0.25, 0.3) is 6.08 Å². The zero-order valence-electron chi connectivity index (χ0n) is 15.5. The van der Waals surface area contributed by atoms with Crippen molar-refractivity contribution in [2.45, 2.75) is 6.42 Å². The molecule has 150 valence electrons. The lowest BCUT2D eigenvalue weighted by atomic mass is 10.1. The predicted octanol–water partition coefficient (Wildman–Crippen LogP) is 3.68. The molecule has 2 aromatic carbocycles. The summed E-state index contributed by atoms with van der Waals surface area (Å²) in [4.78, 5) is 38.1. The highest BCUT2D eigenvalue weighted by molar-refractivity contribution is 7.15. The van der Waals surface area contributed by atoms with Gasteiger partial charge in [-0.15, -0.1) is 10.2 Å². The minimum Gasteiger partial charge on any atom is -0.297 e. The number of anilines is 1. The van der Waals surface area contributed by atoms with Crippen LogP contribution in [0, 0.1) is 0 Å². The van der Waals surface area contributed by atoms with Crippen LogP contribution in [0.15, 0.2) is 54.6 Å². The second kappa shape index (κ2) is 8.56. The second-order valence-electron chi connectivity index (χ2n) is 6.40. The molecule has 3 amide bonds. The van der Waals surface area contributed by atoms with E-state index in [0.717, 1.165) is 5.56 Å². The molecule has 0 spiro atoms. The molecule has 0 atom stereocenters. The summed E-state index contributed by atoms with van der Waals surface area (Å²) in [6, 6.07) is 13.9. The van der Waals surface area contributed by atoms with Crippen LogP contribution in [0.3, 0.4) is 0 Å². The smallest absolute Gasteiger partial charge is 0.261 e. The number of nitrogens with one attached hydrogen (secondary N) is 1. The summed E-state index contributed by atoms with van der Waals surface area (Å²) in [5.41, 5.74) is 1.56. The van der Waals surface area contributed by atoms with Crippen molar-refractivity contribution in [3.63, 3.8) is 0 Å². The van der Waals surface area contributed by atoms with Gasteiger partial charge in [-0.1, -0.05) is 53.3 Å². The maximum Gasteiger partial charge on any atom is 0.261 e. The Morgan fingerprint density at radius 3 is 2.40 bits per heavy atom. The summed E-state index contributed by atoms with van der Waals surface area (Å²) in [6.07, 6.45) is 3.33. The fourth-order valence-corrected chi connectivity index (χ4v) is 3.91. The van der Waals surface area contributed by atoms with Crippen molar-refractivity contribution < 1.29 is 14.4 Å². The van der Waals surface area contributed by atoms with Crippen LogP contribution in [0.4, 0.5) is 5.13 Å². The van der Waals surface area contributed by atoms with E-state index in [-0.39, 0.29) is 24.3 Å². The zero-order chi connectivity index (χ0) is 21.1. The number of nitrogens with zero attached hydrogens (tertiary/aromatic N) is 3. The van der Waals surface area contributed by atoms with Gasteiger partial charge >= 0.3 is 0 Å². The van der Waals surface area contributed by atoms with Crippen molar-refractivity contribution in [1.29, 1.82) is 0 Å². The van der Waals surface area contributed by atoms with Crippen LogP contribution in [0.1, 0.15) is 31.3 Å². The highest BCUT2D eigenvalue weighted by atomic mass is 35.5. The van der Waals surface area contributed by atoms with Gasteiger partial charge in [0.15, 0.2) is 0 Å². The van der Waals surface area contributed by atoms with E-state index in [2.05, 4.69) is 15.5 Å². The summed E-state index contributed by atoms with van der Waals surface area (Å²) >= 11 is 7.25. The topological polar surface area (TPSA) is 92.3 Å². The molecule has 30 heavy (non-hydrogen) atoms.